The Balaban J connectivity index is 3.40. The summed E-state index contributed by atoms with van der Waals surface area (Å²) in [6.07, 6.45) is 0. The van der Waals surface area contributed by atoms with Crippen molar-refractivity contribution in [1.29, 1.82) is 0 Å². The Labute approximate surface area is 86.3 Å². The molecule has 0 aliphatic rings. The molecule has 0 fully saturated rings. The van der Waals surface area contributed by atoms with Gasteiger partial charge in [0.2, 0.25) is 0 Å². The number of rotatable bonds is 1. The number of nitrogen functional groups attached to an aromatic ring is 1. The molecular weight excluding hydrogens is 174 g/mol. The van der Waals surface area contributed by atoms with Crippen molar-refractivity contribution in [2.45, 2.75) is 46.0 Å². The van der Waals surface area contributed by atoms with Gasteiger partial charge in [0.1, 0.15) is 5.82 Å². The Kier molecular flexibility index (Phi) is 2.61. The van der Waals surface area contributed by atoms with Gasteiger partial charge in [-0.15, -0.1) is 0 Å². The van der Waals surface area contributed by atoms with Crippen LogP contribution in [0.4, 0.5) is 5.82 Å². The van der Waals surface area contributed by atoms with Gasteiger partial charge in [-0.2, -0.15) is 5.10 Å². The summed E-state index contributed by atoms with van der Waals surface area (Å²) in [7, 11) is 1.96. The van der Waals surface area contributed by atoms with Crippen molar-refractivity contribution in [2.75, 3.05) is 5.73 Å². The summed E-state index contributed by atoms with van der Waals surface area (Å²) in [5.41, 5.74) is 8.44. The lowest BCUT2D eigenvalue weighted by Gasteiger charge is -2.22. The van der Waals surface area contributed by atoms with Gasteiger partial charge in [-0.1, -0.05) is 34.6 Å². The Bertz CT molecular complexity index is 329. The molecule has 3 heteroatoms. The molecule has 0 saturated heterocycles. The third-order valence-electron chi connectivity index (χ3n) is 2.40. The lowest BCUT2D eigenvalue weighted by Crippen LogP contribution is -2.19. The van der Waals surface area contributed by atoms with E-state index in [0.29, 0.717) is 11.7 Å². The van der Waals surface area contributed by atoms with Crippen molar-refractivity contribution in [2.24, 2.45) is 7.05 Å². The van der Waals surface area contributed by atoms with Crippen LogP contribution < -0.4 is 5.73 Å². The highest BCUT2D eigenvalue weighted by atomic mass is 15.3. The van der Waals surface area contributed by atoms with Crippen molar-refractivity contribution in [3.8, 4) is 0 Å². The fourth-order valence-corrected chi connectivity index (χ4v) is 2.02. The van der Waals surface area contributed by atoms with Crippen LogP contribution >= 0.6 is 0 Å². The SMILES string of the molecule is CC(C)c1c(N)nn(C)c1C(C)(C)C. The average molecular weight is 195 g/mol. The molecular formula is C11H21N3. The zero-order valence-corrected chi connectivity index (χ0v) is 10.0. The number of hydrogen-bond acceptors (Lipinski definition) is 2. The molecule has 3 nitrogen and oxygen atoms in total. The molecule has 14 heavy (non-hydrogen) atoms. The van der Waals surface area contributed by atoms with Crippen molar-refractivity contribution in [3.63, 3.8) is 0 Å². The molecule has 1 aromatic rings. The third kappa shape index (κ3) is 1.76. The summed E-state index contributed by atoms with van der Waals surface area (Å²) < 4.78 is 1.91. The molecule has 0 bridgehead atoms. The van der Waals surface area contributed by atoms with Crippen molar-refractivity contribution < 1.29 is 0 Å². The molecule has 0 spiro atoms. The van der Waals surface area contributed by atoms with Crippen LogP contribution in [0.2, 0.25) is 0 Å². The first kappa shape index (κ1) is 11.1. The van der Waals surface area contributed by atoms with E-state index in [9.17, 15) is 0 Å². The lowest BCUT2D eigenvalue weighted by atomic mass is 9.86. The van der Waals surface area contributed by atoms with Gasteiger partial charge in [0.15, 0.2) is 0 Å². The maximum atomic E-state index is 5.91. The number of anilines is 1. The van der Waals surface area contributed by atoms with Crippen LogP contribution in [0.25, 0.3) is 0 Å². The van der Waals surface area contributed by atoms with Crippen LogP contribution in [0, 0.1) is 0 Å². The van der Waals surface area contributed by atoms with Crippen molar-refractivity contribution in [1.82, 2.24) is 9.78 Å². The molecule has 0 unspecified atom stereocenters. The molecule has 0 aliphatic carbocycles. The summed E-state index contributed by atoms with van der Waals surface area (Å²) in [6, 6.07) is 0. The van der Waals surface area contributed by atoms with Crippen LogP contribution in [-0.4, -0.2) is 9.78 Å². The van der Waals surface area contributed by atoms with Gasteiger partial charge in [-0.3, -0.25) is 4.68 Å². The van der Waals surface area contributed by atoms with E-state index in [1.54, 1.807) is 0 Å². The fourth-order valence-electron chi connectivity index (χ4n) is 2.02. The van der Waals surface area contributed by atoms with E-state index in [1.165, 1.54) is 11.3 Å². The molecule has 1 rings (SSSR count). The smallest absolute Gasteiger partial charge is 0.149 e. The molecule has 2 N–H and O–H groups in total. The molecule has 0 aliphatic heterocycles. The first-order valence-corrected chi connectivity index (χ1v) is 5.08. The van der Waals surface area contributed by atoms with E-state index in [1.807, 2.05) is 11.7 Å². The normalized spacial score (nSPS) is 12.5. The van der Waals surface area contributed by atoms with Crippen molar-refractivity contribution >= 4 is 5.82 Å². The second kappa shape index (κ2) is 3.30. The van der Waals surface area contributed by atoms with Crippen LogP contribution in [0.15, 0.2) is 0 Å². The van der Waals surface area contributed by atoms with Gasteiger partial charge in [0.25, 0.3) is 0 Å². The number of nitrogens with zero attached hydrogens (tertiary/aromatic N) is 2. The maximum Gasteiger partial charge on any atom is 0.149 e. The number of hydrogen-bond donors (Lipinski definition) is 1. The Morgan fingerprint density at radius 3 is 2.07 bits per heavy atom. The van der Waals surface area contributed by atoms with Gasteiger partial charge in [0, 0.05) is 23.7 Å². The molecule has 80 valence electrons. The van der Waals surface area contributed by atoms with E-state index >= 15 is 0 Å². The second-order valence-corrected chi connectivity index (χ2v) is 5.18. The predicted molar refractivity (Wildman–Crippen MR) is 60.4 cm³/mol. The molecule has 0 saturated carbocycles. The van der Waals surface area contributed by atoms with Crippen LogP contribution in [0.5, 0.6) is 0 Å². The molecule has 0 radical (unpaired) electrons. The van der Waals surface area contributed by atoms with Crippen LogP contribution in [0.1, 0.15) is 51.8 Å². The summed E-state index contributed by atoms with van der Waals surface area (Å²) in [5, 5.41) is 4.29. The van der Waals surface area contributed by atoms with Gasteiger partial charge >= 0.3 is 0 Å². The fraction of sp³-hybridized carbons (Fsp3) is 0.727. The maximum absolute atomic E-state index is 5.91. The quantitative estimate of drug-likeness (QED) is 0.748. The minimum Gasteiger partial charge on any atom is -0.382 e. The van der Waals surface area contributed by atoms with E-state index in [2.05, 4.69) is 39.7 Å². The largest absolute Gasteiger partial charge is 0.382 e. The van der Waals surface area contributed by atoms with Gasteiger partial charge in [-0.25, -0.2) is 0 Å². The zero-order chi connectivity index (χ0) is 11.1. The Morgan fingerprint density at radius 1 is 1.29 bits per heavy atom. The molecule has 1 aromatic heterocycles. The van der Waals surface area contributed by atoms with Gasteiger partial charge < -0.3 is 5.73 Å². The van der Waals surface area contributed by atoms with E-state index in [0.717, 1.165) is 0 Å². The van der Waals surface area contributed by atoms with E-state index in [4.69, 9.17) is 5.73 Å². The molecule has 0 aromatic carbocycles. The number of aromatic nitrogens is 2. The first-order valence-electron chi connectivity index (χ1n) is 5.08. The third-order valence-corrected chi connectivity index (χ3v) is 2.40. The van der Waals surface area contributed by atoms with E-state index < -0.39 is 0 Å². The minimum atomic E-state index is 0.0962. The molecule has 0 atom stereocenters. The zero-order valence-electron chi connectivity index (χ0n) is 10.0. The predicted octanol–water partition coefficient (Wildman–Crippen LogP) is 2.42. The van der Waals surface area contributed by atoms with Crippen LogP contribution in [-0.2, 0) is 12.5 Å². The first-order chi connectivity index (χ1) is 6.25. The standard InChI is InChI=1S/C11H21N3/c1-7(2)8-9(11(3,4)5)14(6)13-10(8)12/h7H,1-6H3,(H2,12,13). The van der Waals surface area contributed by atoms with Gasteiger partial charge in [-0.05, 0) is 5.92 Å². The Hall–Kier alpha value is -0.990. The highest BCUT2D eigenvalue weighted by molar-refractivity contribution is 5.47. The number of aryl methyl sites for hydroxylation is 1. The van der Waals surface area contributed by atoms with Crippen LogP contribution in [0.3, 0.4) is 0 Å². The monoisotopic (exact) mass is 195 g/mol. The number of nitrogens with two attached hydrogens (primary N) is 1. The summed E-state index contributed by atoms with van der Waals surface area (Å²) in [5.74, 6) is 1.10. The molecule has 1 heterocycles. The highest BCUT2D eigenvalue weighted by Crippen LogP contribution is 2.33. The lowest BCUT2D eigenvalue weighted by molar-refractivity contribution is 0.514. The minimum absolute atomic E-state index is 0.0962. The summed E-state index contributed by atoms with van der Waals surface area (Å²) in [4.78, 5) is 0. The summed E-state index contributed by atoms with van der Waals surface area (Å²) in [6.45, 7) is 10.9. The van der Waals surface area contributed by atoms with E-state index in [-0.39, 0.29) is 5.41 Å². The van der Waals surface area contributed by atoms with Crippen molar-refractivity contribution in [3.05, 3.63) is 11.3 Å². The second-order valence-electron chi connectivity index (χ2n) is 5.18. The molecule has 0 amide bonds. The summed E-state index contributed by atoms with van der Waals surface area (Å²) >= 11 is 0. The highest BCUT2D eigenvalue weighted by Gasteiger charge is 2.26. The Morgan fingerprint density at radius 2 is 1.79 bits per heavy atom. The van der Waals surface area contributed by atoms with Gasteiger partial charge in [0.05, 0.1) is 0 Å². The average Bonchev–Trinajstić information content (AvgIpc) is 2.23. The topological polar surface area (TPSA) is 43.8 Å².